The minimum atomic E-state index is -0.335. The molecule has 1 aliphatic rings. The number of nitriles is 1. The van der Waals surface area contributed by atoms with Gasteiger partial charge in [-0.1, -0.05) is 36.0 Å². The fraction of sp³-hybridized carbons (Fsp3) is 0.235. The molecule has 4 heteroatoms. The molecule has 0 N–H and O–H groups in total. The fourth-order valence-electron chi connectivity index (χ4n) is 2.17. The Kier molecular flexibility index (Phi) is 4.56. The van der Waals surface area contributed by atoms with Crippen LogP contribution in [0.2, 0.25) is 0 Å². The molecule has 0 aliphatic carbocycles. The van der Waals surface area contributed by atoms with Gasteiger partial charge in [-0.25, -0.2) is 0 Å². The number of ether oxygens (including phenoxy) is 2. The Balaban J connectivity index is 1.93. The highest BCUT2D eigenvalue weighted by Crippen LogP contribution is 2.36. The van der Waals surface area contributed by atoms with Crippen molar-refractivity contribution in [3.8, 4) is 6.07 Å². The second-order valence-electron chi connectivity index (χ2n) is 4.71. The third kappa shape index (κ3) is 3.45. The summed E-state index contributed by atoms with van der Waals surface area (Å²) in [7, 11) is 0. The first-order valence-electron chi connectivity index (χ1n) is 6.87. The Morgan fingerprint density at radius 2 is 1.81 bits per heavy atom. The molecule has 0 amide bonds. The first-order valence-corrected chi connectivity index (χ1v) is 7.68. The molecule has 106 valence electrons. The van der Waals surface area contributed by atoms with Crippen molar-refractivity contribution in [1.29, 1.82) is 5.26 Å². The molecule has 0 unspecified atom stereocenters. The molecule has 3 rings (SSSR count). The molecule has 1 fully saturated rings. The van der Waals surface area contributed by atoms with Gasteiger partial charge in [0, 0.05) is 15.4 Å². The monoisotopic (exact) mass is 297 g/mol. The summed E-state index contributed by atoms with van der Waals surface area (Å²) in [5, 5.41) is 9.11. The maximum absolute atomic E-state index is 9.11. The molecule has 0 saturated carbocycles. The van der Waals surface area contributed by atoms with Crippen LogP contribution in [0.25, 0.3) is 0 Å². The zero-order valence-corrected chi connectivity index (χ0v) is 12.3. The average molecular weight is 297 g/mol. The Morgan fingerprint density at radius 3 is 2.52 bits per heavy atom. The van der Waals surface area contributed by atoms with Crippen molar-refractivity contribution < 1.29 is 9.47 Å². The number of hydrogen-bond acceptors (Lipinski definition) is 4. The van der Waals surface area contributed by atoms with Gasteiger partial charge in [0.2, 0.25) is 0 Å². The average Bonchev–Trinajstić information content (AvgIpc) is 2.56. The van der Waals surface area contributed by atoms with Crippen LogP contribution in [0.3, 0.4) is 0 Å². The molecule has 1 heterocycles. The van der Waals surface area contributed by atoms with Crippen LogP contribution in [-0.4, -0.2) is 13.2 Å². The molecule has 2 aromatic rings. The van der Waals surface area contributed by atoms with Crippen molar-refractivity contribution in [3.05, 3.63) is 59.7 Å². The minimum Gasteiger partial charge on any atom is -0.348 e. The molecule has 1 aliphatic heterocycles. The Bertz CT molecular complexity index is 646. The van der Waals surface area contributed by atoms with Gasteiger partial charge in [-0.15, -0.1) is 0 Å². The molecular weight excluding hydrogens is 282 g/mol. The molecule has 21 heavy (non-hydrogen) atoms. The predicted octanol–water partition coefficient (Wildman–Crippen LogP) is 4.14. The van der Waals surface area contributed by atoms with E-state index in [0.29, 0.717) is 18.8 Å². The normalized spacial score (nSPS) is 15.6. The second-order valence-corrected chi connectivity index (χ2v) is 5.82. The van der Waals surface area contributed by atoms with E-state index in [-0.39, 0.29) is 6.29 Å². The first kappa shape index (κ1) is 14.2. The van der Waals surface area contributed by atoms with E-state index in [9.17, 15) is 0 Å². The first-order chi connectivity index (χ1) is 10.4. The summed E-state index contributed by atoms with van der Waals surface area (Å²) in [6.45, 7) is 1.42. The lowest BCUT2D eigenvalue weighted by Crippen LogP contribution is -2.18. The molecule has 0 spiro atoms. The fourth-order valence-corrected chi connectivity index (χ4v) is 3.19. The topological polar surface area (TPSA) is 42.2 Å². The van der Waals surface area contributed by atoms with Gasteiger partial charge < -0.3 is 9.47 Å². The molecular formula is C17H15NO2S. The lowest BCUT2D eigenvalue weighted by Gasteiger charge is -2.25. The lowest BCUT2D eigenvalue weighted by molar-refractivity contribution is -0.184. The van der Waals surface area contributed by atoms with Crippen LogP contribution >= 0.6 is 11.8 Å². The Labute approximate surface area is 128 Å². The summed E-state index contributed by atoms with van der Waals surface area (Å²) in [4.78, 5) is 2.14. The molecule has 0 bridgehead atoms. The van der Waals surface area contributed by atoms with Gasteiger partial charge in [0.15, 0.2) is 6.29 Å². The van der Waals surface area contributed by atoms with Crippen molar-refractivity contribution in [3.63, 3.8) is 0 Å². The van der Waals surface area contributed by atoms with E-state index in [4.69, 9.17) is 14.7 Å². The predicted molar refractivity (Wildman–Crippen MR) is 81.0 cm³/mol. The third-order valence-electron chi connectivity index (χ3n) is 3.19. The van der Waals surface area contributed by atoms with Crippen LogP contribution in [0.4, 0.5) is 0 Å². The van der Waals surface area contributed by atoms with Crippen LogP contribution < -0.4 is 0 Å². The number of rotatable bonds is 3. The van der Waals surface area contributed by atoms with Gasteiger partial charge in [0.25, 0.3) is 0 Å². The molecule has 3 nitrogen and oxygen atoms in total. The lowest BCUT2D eigenvalue weighted by atomic mass is 10.1. The standard InChI is InChI=1S/C17H15NO2S/c18-12-13-7-8-15(17-19-9-4-10-20-17)16(11-13)21-14-5-2-1-3-6-14/h1-3,5-8,11,17H,4,9-10H2. The van der Waals surface area contributed by atoms with Crippen LogP contribution in [0.5, 0.6) is 0 Å². The van der Waals surface area contributed by atoms with Gasteiger partial charge in [-0.2, -0.15) is 5.26 Å². The van der Waals surface area contributed by atoms with Gasteiger partial charge in [-0.05, 0) is 30.7 Å². The molecule has 1 saturated heterocycles. The number of nitrogens with zero attached hydrogens (tertiary/aromatic N) is 1. The maximum Gasteiger partial charge on any atom is 0.184 e. The molecule has 0 aromatic heterocycles. The summed E-state index contributed by atoms with van der Waals surface area (Å²) >= 11 is 1.63. The largest absolute Gasteiger partial charge is 0.348 e. The van der Waals surface area contributed by atoms with Crippen molar-refractivity contribution in [2.45, 2.75) is 22.5 Å². The molecule has 2 aromatic carbocycles. The summed E-state index contributed by atoms with van der Waals surface area (Å²) in [6, 6.07) is 17.9. The Morgan fingerprint density at radius 1 is 1.05 bits per heavy atom. The van der Waals surface area contributed by atoms with Crippen molar-refractivity contribution >= 4 is 11.8 Å². The van der Waals surface area contributed by atoms with E-state index in [1.807, 2.05) is 36.4 Å². The molecule has 0 radical (unpaired) electrons. The highest BCUT2D eigenvalue weighted by atomic mass is 32.2. The van der Waals surface area contributed by atoms with E-state index >= 15 is 0 Å². The Hall–Kier alpha value is -1.80. The summed E-state index contributed by atoms with van der Waals surface area (Å²) in [5.41, 5.74) is 1.63. The van der Waals surface area contributed by atoms with E-state index < -0.39 is 0 Å². The van der Waals surface area contributed by atoms with Gasteiger partial charge >= 0.3 is 0 Å². The SMILES string of the molecule is N#Cc1ccc(C2OCCCO2)c(Sc2ccccc2)c1. The van der Waals surface area contributed by atoms with E-state index in [0.717, 1.165) is 21.8 Å². The van der Waals surface area contributed by atoms with Crippen molar-refractivity contribution in [2.24, 2.45) is 0 Å². The van der Waals surface area contributed by atoms with Crippen molar-refractivity contribution in [1.82, 2.24) is 0 Å². The number of hydrogen-bond donors (Lipinski definition) is 0. The third-order valence-corrected chi connectivity index (χ3v) is 4.28. The van der Waals surface area contributed by atoms with Gasteiger partial charge in [0.1, 0.15) is 0 Å². The van der Waals surface area contributed by atoms with Gasteiger partial charge in [-0.3, -0.25) is 0 Å². The number of benzene rings is 2. The van der Waals surface area contributed by atoms with Crippen LogP contribution in [0.15, 0.2) is 58.3 Å². The zero-order valence-electron chi connectivity index (χ0n) is 11.5. The quantitative estimate of drug-likeness (QED) is 0.853. The second kappa shape index (κ2) is 6.77. The van der Waals surface area contributed by atoms with Crippen LogP contribution in [0.1, 0.15) is 23.8 Å². The minimum absolute atomic E-state index is 0.335. The highest BCUT2D eigenvalue weighted by Gasteiger charge is 2.20. The van der Waals surface area contributed by atoms with Crippen molar-refractivity contribution in [2.75, 3.05) is 13.2 Å². The highest BCUT2D eigenvalue weighted by molar-refractivity contribution is 7.99. The van der Waals surface area contributed by atoms with Crippen LogP contribution in [-0.2, 0) is 9.47 Å². The molecule has 0 atom stereocenters. The zero-order chi connectivity index (χ0) is 14.5. The van der Waals surface area contributed by atoms with E-state index in [1.54, 1.807) is 11.8 Å². The van der Waals surface area contributed by atoms with E-state index in [2.05, 4.69) is 18.2 Å². The summed E-state index contributed by atoms with van der Waals surface area (Å²) in [5.74, 6) is 0. The van der Waals surface area contributed by atoms with Crippen LogP contribution in [0, 0.1) is 11.3 Å². The van der Waals surface area contributed by atoms with Gasteiger partial charge in [0.05, 0.1) is 24.8 Å². The summed E-state index contributed by atoms with van der Waals surface area (Å²) in [6.07, 6.45) is 0.589. The summed E-state index contributed by atoms with van der Waals surface area (Å²) < 4.78 is 11.4. The maximum atomic E-state index is 9.11. The smallest absolute Gasteiger partial charge is 0.184 e. The van der Waals surface area contributed by atoms with E-state index in [1.165, 1.54) is 0 Å².